The molecule has 8 heteroatoms. The number of ether oxygens (including phenoxy) is 1. The van der Waals surface area contributed by atoms with Gasteiger partial charge in [-0.3, -0.25) is 4.79 Å². The molecule has 3 heterocycles. The van der Waals surface area contributed by atoms with Crippen LogP contribution in [0, 0.1) is 13.8 Å². The van der Waals surface area contributed by atoms with E-state index in [2.05, 4.69) is 38.9 Å². The largest absolute Gasteiger partial charge is 0.492 e. The Bertz CT molecular complexity index is 1290. The number of benzene rings is 1. The highest BCUT2D eigenvalue weighted by molar-refractivity contribution is 7.12. The van der Waals surface area contributed by atoms with Crippen LogP contribution in [0.15, 0.2) is 42.6 Å². The predicted molar refractivity (Wildman–Crippen MR) is 135 cm³/mol. The van der Waals surface area contributed by atoms with Crippen molar-refractivity contribution < 1.29 is 9.53 Å². The number of carbonyl (C=O) groups is 1. The Morgan fingerprint density at radius 1 is 1.21 bits per heavy atom. The topological polar surface area (TPSA) is 60.3 Å². The monoisotopic (exact) mass is 482 g/mol. The maximum atomic E-state index is 13.5. The third kappa shape index (κ3) is 4.89. The van der Waals surface area contributed by atoms with Crippen LogP contribution in [0.4, 0.5) is 0 Å². The molecule has 1 aromatic carbocycles. The number of rotatable bonds is 7. The molecule has 0 bridgehead atoms. The smallest absolute Gasteiger partial charge is 0.254 e. The molecule has 0 radical (unpaired) electrons. The molecule has 6 nitrogen and oxygen atoms in total. The number of aryl methyl sites for hydroxylation is 2. The molecule has 0 atom stereocenters. The van der Waals surface area contributed by atoms with Gasteiger partial charge >= 0.3 is 0 Å². The quantitative estimate of drug-likeness (QED) is 0.316. The van der Waals surface area contributed by atoms with Crippen molar-refractivity contribution in [1.82, 2.24) is 19.7 Å². The first-order valence-electron chi connectivity index (χ1n) is 10.8. The van der Waals surface area contributed by atoms with Crippen LogP contribution in [-0.4, -0.2) is 45.8 Å². The summed E-state index contributed by atoms with van der Waals surface area (Å²) in [5.74, 6) is 0.631. The van der Waals surface area contributed by atoms with Gasteiger partial charge in [0.2, 0.25) is 0 Å². The summed E-state index contributed by atoms with van der Waals surface area (Å²) in [6.45, 7) is 9.10. The molecule has 4 rings (SSSR count). The first kappa shape index (κ1) is 23.3. The molecule has 0 spiro atoms. The zero-order valence-electron chi connectivity index (χ0n) is 19.4. The van der Waals surface area contributed by atoms with Gasteiger partial charge < -0.3 is 9.64 Å². The number of hydrogen-bond donors (Lipinski definition) is 0. The zero-order chi connectivity index (χ0) is 23.7. The van der Waals surface area contributed by atoms with Crippen LogP contribution >= 0.6 is 22.9 Å². The molecule has 172 valence electrons. The summed E-state index contributed by atoms with van der Waals surface area (Å²) in [6, 6.07) is 11.3. The first-order chi connectivity index (χ1) is 15.7. The molecule has 0 N–H and O–H groups in total. The highest BCUT2D eigenvalue weighted by Gasteiger charge is 2.22. The molecule has 4 aromatic rings. The average molecular weight is 483 g/mol. The van der Waals surface area contributed by atoms with Gasteiger partial charge in [0.05, 0.1) is 29.4 Å². The molecule has 0 fully saturated rings. The number of fused-ring (bicyclic) bond motifs is 1. The fourth-order valence-electron chi connectivity index (χ4n) is 3.73. The van der Waals surface area contributed by atoms with Gasteiger partial charge in [-0.25, -0.2) is 9.67 Å². The summed E-state index contributed by atoms with van der Waals surface area (Å²) in [5, 5.41) is 5.93. The molecule has 0 aliphatic carbocycles. The van der Waals surface area contributed by atoms with Crippen molar-refractivity contribution in [3.8, 4) is 17.0 Å². The maximum Gasteiger partial charge on any atom is 0.254 e. The van der Waals surface area contributed by atoms with Crippen LogP contribution in [0.5, 0.6) is 5.75 Å². The van der Waals surface area contributed by atoms with E-state index >= 15 is 0 Å². The second-order valence-corrected chi connectivity index (χ2v) is 10.2. The van der Waals surface area contributed by atoms with Crippen molar-refractivity contribution in [1.29, 1.82) is 0 Å². The van der Waals surface area contributed by atoms with Gasteiger partial charge in [-0.1, -0.05) is 11.6 Å². The number of thiophene rings is 1. The average Bonchev–Trinajstić information content (AvgIpc) is 3.36. The van der Waals surface area contributed by atoms with Gasteiger partial charge in [0.15, 0.2) is 5.65 Å². The van der Waals surface area contributed by atoms with Crippen LogP contribution in [0.25, 0.3) is 22.3 Å². The van der Waals surface area contributed by atoms with Crippen molar-refractivity contribution in [2.75, 3.05) is 20.2 Å². The van der Waals surface area contributed by atoms with Crippen LogP contribution in [0.2, 0.25) is 5.02 Å². The standard InChI is InChI=1S/C25H27ClN4O2S/c1-15(2)30-24-22(14-27-30)21(13-23(28-24)20-12-16(3)33-17(20)4)25(31)29(5)10-11-32-19-8-6-18(26)7-9-19/h6-9,12-15H,10-11H2,1-5H3. The fraction of sp³-hybridized carbons (Fsp3) is 0.320. The molecular weight excluding hydrogens is 456 g/mol. The third-order valence-electron chi connectivity index (χ3n) is 5.46. The Morgan fingerprint density at radius 3 is 2.58 bits per heavy atom. The predicted octanol–water partition coefficient (Wildman–Crippen LogP) is 6.16. The number of hydrogen-bond acceptors (Lipinski definition) is 5. The van der Waals surface area contributed by atoms with Gasteiger partial charge in [0.1, 0.15) is 12.4 Å². The van der Waals surface area contributed by atoms with Gasteiger partial charge in [0.25, 0.3) is 5.91 Å². The minimum absolute atomic E-state index is 0.0868. The highest BCUT2D eigenvalue weighted by atomic mass is 35.5. The molecule has 0 saturated heterocycles. The minimum Gasteiger partial charge on any atom is -0.492 e. The highest BCUT2D eigenvalue weighted by Crippen LogP contribution is 2.33. The number of nitrogens with zero attached hydrogens (tertiary/aromatic N) is 4. The number of aromatic nitrogens is 3. The first-order valence-corrected chi connectivity index (χ1v) is 12.0. The van der Waals surface area contributed by atoms with E-state index in [9.17, 15) is 4.79 Å². The number of amides is 1. The van der Waals surface area contributed by atoms with E-state index in [-0.39, 0.29) is 11.9 Å². The van der Waals surface area contributed by atoms with E-state index in [1.165, 1.54) is 9.75 Å². The van der Waals surface area contributed by atoms with Crippen molar-refractivity contribution in [3.05, 3.63) is 62.9 Å². The Hall–Kier alpha value is -2.90. The molecule has 33 heavy (non-hydrogen) atoms. The van der Waals surface area contributed by atoms with E-state index in [0.717, 1.165) is 28.0 Å². The van der Waals surface area contributed by atoms with Gasteiger partial charge in [-0.2, -0.15) is 5.10 Å². The Morgan fingerprint density at radius 2 is 1.94 bits per heavy atom. The number of pyridine rings is 1. The summed E-state index contributed by atoms with van der Waals surface area (Å²) < 4.78 is 7.64. The molecule has 3 aromatic heterocycles. The normalized spacial score (nSPS) is 11.4. The SMILES string of the molecule is Cc1cc(-c2cc(C(=O)N(C)CCOc3ccc(Cl)cc3)c3cnn(C(C)C)c3n2)c(C)s1. The van der Waals surface area contributed by atoms with E-state index < -0.39 is 0 Å². The Kier molecular flexibility index (Phi) is 6.72. The van der Waals surface area contributed by atoms with Gasteiger partial charge in [-0.15, -0.1) is 11.3 Å². The molecule has 0 aliphatic rings. The van der Waals surface area contributed by atoms with Crippen molar-refractivity contribution in [2.45, 2.75) is 33.7 Å². The van der Waals surface area contributed by atoms with Gasteiger partial charge in [0, 0.05) is 33.4 Å². The summed E-state index contributed by atoms with van der Waals surface area (Å²) in [6.07, 6.45) is 1.74. The Labute approximate surface area is 202 Å². The fourth-order valence-corrected chi connectivity index (χ4v) is 4.79. The lowest BCUT2D eigenvalue weighted by atomic mass is 10.1. The second kappa shape index (κ2) is 9.53. The van der Waals surface area contributed by atoms with Crippen LogP contribution in [0.3, 0.4) is 0 Å². The zero-order valence-corrected chi connectivity index (χ0v) is 21.0. The minimum atomic E-state index is -0.0868. The lowest BCUT2D eigenvalue weighted by Crippen LogP contribution is -2.31. The van der Waals surface area contributed by atoms with Crippen molar-refractivity contribution >= 4 is 39.9 Å². The summed E-state index contributed by atoms with van der Waals surface area (Å²) >= 11 is 7.65. The molecule has 0 saturated carbocycles. The van der Waals surface area contributed by atoms with Gasteiger partial charge in [-0.05, 0) is 64.1 Å². The lowest BCUT2D eigenvalue weighted by molar-refractivity contribution is 0.0775. The summed E-state index contributed by atoms with van der Waals surface area (Å²) in [4.78, 5) is 22.5. The summed E-state index contributed by atoms with van der Waals surface area (Å²) in [5.41, 5.74) is 3.17. The van der Waals surface area contributed by atoms with Crippen LogP contribution in [-0.2, 0) is 0 Å². The Balaban J connectivity index is 1.64. The summed E-state index contributed by atoms with van der Waals surface area (Å²) in [7, 11) is 1.78. The van der Waals surface area contributed by atoms with Crippen molar-refractivity contribution in [2.24, 2.45) is 0 Å². The maximum absolute atomic E-state index is 13.5. The molecular formula is C25H27ClN4O2S. The molecule has 1 amide bonds. The third-order valence-corrected chi connectivity index (χ3v) is 6.68. The molecule has 0 aliphatic heterocycles. The van der Waals surface area contributed by atoms with Crippen LogP contribution in [0.1, 0.15) is 40.0 Å². The van der Waals surface area contributed by atoms with E-state index in [1.54, 1.807) is 41.6 Å². The van der Waals surface area contributed by atoms with E-state index in [0.29, 0.717) is 23.7 Å². The second-order valence-electron chi connectivity index (χ2n) is 8.33. The lowest BCUT2D eigenvalue weighted by Gasteiger charge is -2.19. The number of likely N-dealkylation sites (N-methyl/N-ethyl adjacent to an activating group) is 1. The number of halogens is 1. The van der Waals surface area contributed by atoms with Crippen molar-refractivity contribution in [3.63, 3.8) is 0 Å². The van der Waals surface area contributed by atoms with E-state index in [1.807, 2.05) is 22.9 Å². The number of carbonyl (C=O) groups excluding carboxylic acids is 1. The van der Waals surface area contributed by atoms with Crippen LogP contribution < -0.4 is 4.74 Å². The molecule has 0 unspecified atom stereocenters. The van der Waals surface area contributed by atoms with E-state index in [4.69, 9.17) is 21.3 Å².